The molecule has 1 heterocycles. The molecule has 0 atom stereocenters. The molecule has 0 aliphatic rings. The molecule has 2 amide bonds. The number of para-hydroxylation sites is 1. The van der Waals surface area contributed by atoms with Crippen LogP contribution < -0.4 is 10.6 Å². The summed E-state index contributed by atoms with van der Waals surface area (Å²) in [7, 11) is 0. The number of fused-ring (bicyclic) bond motifs is 1. The fourth-order valence-corrected chi connectivity index (χ4v) is 2.46. The molecule has 0 saturated carbocycles. The van der Waals surface area contributed by atoms with Gasteiger partial charge >= 0.3 is 0 Å². The molecule has 26 heavy (non-hydrogen) atoms. The second-order valence-electron chi connectivity index (χ2n) is 7.12. The van der Waals surface area contributed by atoms with E-state index in [0.29, 0.717) is 16.9 Å². The largest absolute Gasteiger partial charge is 0.326 e. The van der Waals surface area contributed by atoms with Crippen LogP contribution in [-0.2, 0) is 4.79 Å². The fourth-order valence-electron chi connectivity index (χ4n) is 2.46. The Hall–Kier alpha value is -3.21. The highest BCUT2D eigenvalue weighted by Crippen LogP contribution is 2.22. The molecule has 3 aromatic rings. The van der Waals surface area contributed by atoms with E-state index >= 15 is 0 Å². The molecule has 0 unspecified atom stereocenters. The number of pyridine rings is 1. The molecule has 2 N–H and O–H groups in total. The van der Waals surface area contributed by atoms with Gasteiger partial charge in [-0.25, -0.2) is 0 Å². The summed E-state index contributed by atoms with van der Waals surface area (Å²) in [4.78, 5) is 29.1. The molecule has 5 nitrogen and oxygen atoms in total. The summed E-state index contributed by atoms with van der Waals surface area (Å²) in [6.45, 7) is 5.52. The van der Waals surface area contributed by atoms with Gasteiger partial charge in [0.25, 0.3) is 5.91 Å². The molecule has 0 fully saturated rings. The summed E-state index contributed by atoms with van der Waals surface area (Å²) in [5.74, 6) is -0.358. The van der Waals surface area contributed by atoms with Crippen LogP contribution in [0.3, 0.4) is 0 Å². The molecule has 0 aliphatic heterocycles. The summed E-state index contributed by atoms with van der Waals surface area (Å²) >= 11 is 0. The highest BCUT2D eigenvalue weighted by Gasteiger charge is 2.21. The van der Waals surface area contributed by atoms with Crippen molar-refractivity contribution >= 4 is 34.1 Å². The van der Waals surface area contributed by atoms with Crippen LogP contribution in [0.4, 0.5) is 11.4 Å². The van der Waals surface area contributed by atoms with Crippen molar-refractivity contribution < 1.29 is 9.59 Å². The Labute approximate surface area is 152 Å². The highest BCUT2D eigenvalue weighted by molar-refractivity contribution is 6.09. The van der Waals surface area contributed by atoms with E-state index in [4.69, 9.17) is 0 Å². The van der Waals surface area contributed by atoms with Gasteiger partial charge in [0.05, 0.1) is 11.2 Å². The minimum atomic E-state index is -0.507. The lowest BCUT2D eigenvalue weighted by atomic mass is 9.95. The SMILES string of the molecule is CC(C)(C)C(=O)Nc1cccc(C(=O)Nc2cccc3cccnc23)c1. The van der Waals surface area contributed by atoms with Crippen molar-refractivity contribution in [3.8, 4) is 0 Å². The lowest BCUT2D eigenvalue weighted by Crippen LogP contribution is -2.27. The third kappa shape index (κ3) is 3.88. The van der Waals surface area contributed by atoms with Crippen molar-refractivity contribution in [2.75, 3.05) is 10.6 Å². The Morgan fingerprint density at radius 3 is 2.42 bits per heavy atom. The number of hydrogen-bond acceptors (Lipinski definition) is 3. The van der Waals surface area contributed by atoms with Gasteiger partial charge in [-0.05, 0) is 30.3 Å². The molecule has 2 aromatic carbocycles. The summed E-state index contributed by atoms with van der Waals surface area (Å²) in [6, 6.07) is 16.3. The summed E-state index contributed by atoms with van der Waals surface area (Å²) in [6.07, 6.45) is 1.70. The lowest BCUT2D eigenvalue weighted by molar-refractivity contribution is -0.123. The van der Waals surface area contributed by atoms with Crippen LogP contribution in [0, 0.1) is 5.41 Å². The Kier molecular flexibility index (Phi) is 4.71. The molecular weight excluding hydrogens is 326 g/mol. The first-order chi connectivity index (χ1) is 12.3. The maximum atomic E-state index is 12.6. The predicted molar refractivity (Wildman–Crippen MR) is 104 cm³/mol. The minimum absolute atomic E-state index is 0.103. The number of anilines is 2. The number of hydrogen-bond donors (Lipinski definition) is 2. The van der Waals surface area contributed by atoms with Crippen LogP contribution in [0.25, 0.3) is 10.9 Å². The normalized spacial score (nSPS) is 11.2. The van der Waals surface area contributed by atoms with Crippen molar-refractivity contribution in [1.29, 1.82) is 0 Å². The van der Waals surface area contributed by atoms with Crippen LogP contribution in [-0.4, -0.2) is 16.8 Å². The van der Waals surface area contributed by atoms with Crippen molar-refractivity contribution in [1.82, 2.24) is 4.98 Å². The van der Waals surface area contributed by atoms with Gasteiger partial charge in [-0.3, -0.25) is 14.6 Å². The molecule has 0 bridgehead atoms. The third-order valence-electron chi connectivity index (χ3n) is 3.94. The van der Waals surface area contributed by atoms with E-state index in [-0.39, 0.29) is 11.8 Å². The number of nitrogens with zero attached hydrogens (tertiary/aromatic N) is 1. The van der Waals surface area contributed by atoms with E-state index < -0.39 is 5.41 Å². The fraction of sp³-hybridized carbons (Fsp3) is 0.190. The Balaban J connectivity index is 1.82. The molecule has 0 spiro atoms. The van der Waals surface area contributed by atoms with Crippen LogP contribution in [0.1, 0.15) is 31.1 Å². The predicted octanol–water partition coefficient (Wildman–Crippen LogP) is 4.47. The van der Waals surface area contributed by atoms with Crippen LogP contribution >= 0.6 is 0 Å². The average Bonchev–Trinajstić information content (AvgIpc) is 2.61. The maximum absolute atomic E-state index is 12.6. The maximum Gasteiger partial charge on any atom is 0.255 e. The zero-order chi connectivity index (χ0) is 18.7. The van der Waals surface area contributed by atoms with Crippen molar-refractivity contribution in [2.45, 2.75) is 20.8 Å². The van der Waals surface area contributed by atoms with E-state index in [0.717, 1.165) is 10.9 Å². The van der Waals surface area contributed by atoms with Gasteiger partial charge in [0.15, 0.2) is 0 Å². The summed E-state index contributed by atoms with van der Waals surface area (Å²) in [5, 5.41) is 6.69. The molecule has 5 heteroatoms. The Morgan fingerprint density at radius 2 is 1.65 bits per heavy atom. The number of carbonyl (C=O) groups is 2. The topological polar surface area (TPSA) is 71.1 Å². The van der Waals surface area contributed by atoms with E-state index in [1.165, 1.54) is 0 Å². The first kappa shape index (κ1) is 17.6. The van der Waals surface area contributed by atoms with Crippen LogP contribution in [0.5, 0.6) is 0 Å². The standard InChI is InChI=1S/C21H21N3O2/c1-21(2,3)20(26)23-16-10-4-8-15(13-16)19(25)24-17-11-5-7-14-9-6-12-22-18(14)17/h4-13H,1-3H3,(H,23,26)(H,24,25). The first-order valence-corrected chi connectivity index (χ1v) is 8.41. The van der Waals surface area contributed by atoms with Gasteiger partial charge in [-0.15, -0.1) is 0 Å². The summed E-state index contributed by atoms with van der Waals surface area (Å²) in [5.41, 5.74) is 1.93. The first-order valence-electron chi connectivity index (χ1n) is 8.41. The van der Waals surface area contributed by atoms with E-state index in [1.54, 1.807) is 30.5 Å². The Bertz CT molecular complexity index is 969. The van der Waals surface area contributed by atoms with E-state index in [9.17, 15) is 9.59 Å². The molecule has 132 valence electrons. The number of rotatable bonds is 3. The third-order valence-corrected chi connectivity index (χ3v) is 3.94. The smallest absolute Gasteiger partial charge is 0.255 e. The monoisotopic (exact) mass is 347 g/mol. The zero-order valence-electron chi connectivity index (χ0n) is 15.0. The van der Waals surface area contributed by atoms with E-state index in [2.05, 4.69) is 15.6 Å². The van der Waals surface area contributed by atoms with Crippen LogP contribution in [0.15, 0.2) is 60.8 Å². The number of amides is 2. The average molecular weight is 347 g/mol. The summed E-state index contributed by atoms with van der Waals surface area (Å²) < 4.78 is 0. The van der Waals surface area contributed by atoms with Crippen LogP contribution in [0.2, 0.25) is 0 Å². The van der Waals surface area contributed by atoms with Crippen molar-refractivity contribution in [3.05, 3.63) is 66.4 Å². The molecular formula is C21H21N3O2. The molecule has 1 aromatic heterocycles. The van der Waals surface area contributed by atoms with Gasteiger partial charge < -0.3 is 10.6 Å². The van der Waals surface area contributed by atoms with Crippen molar-refractivity contribution in [3.63, 3.8) is 0 Å². The number of benzene rings is 2. The van der Waals surface area contributed by atoms with Gasteiger partial charge in [0.2, 0.25) is 5.91 Å². The van der Waals surface area contributed by atoms with Gasteiger partial charge in [-0.1, -0.05) is 45.0 Å². The van der Waals surface area contributed by atoms with Gasteiger partial charge in [-0.2, -0.15) is 0 Å². The number of aromatic nitrogens is 1. The molecule has 0 saturated heterocycles. The van der Waals surface area contributed by atoms with E-state index in [1.807, 2.05) is 51.1 Å². The van der Waals surface area contributed by atoms with Gasteiger partial charge in [0, 0.05) is 28.2 Å². The molecule has 0 radical (unpaired) electrons. The second kappa shape index (κ2) is 6.96. The lowest BCUT2D eigenvalue weighted by Gasteiger charge is -2.18. The number of carbonyl (C=O) groups excluding carboxylic acids is 2. The highest BCUT2D eigenvalue weighted by atomic mass is 16.2. The van der Waals surface area contributed by atoms with Crippen molar-refractivity contribution in [2.24, 2.45) is 5.41 Å². The zero-order valence-corrected chi connectivity index (χ0v) is 15.0. The molecule has 3 rings (SSSR count). The molecule has 0 aliphatic carbocycles. The second-order valence-corrected chi connectivity index (χ2v) is 7.12. The Morgan fingerprint density at radius 1 is 0.923 bits per heavy atom. The quantitative estimate of drug-likeness (QED) is 0.734. The number of nitrogens with one attached hydrogen (secondary N) is 2. The minimum Gasteiger partial charge on any atom is -0.326 e. The van der Waals surface area contributed by atoms with Gasteiger partial charge in [0.1, 0.15) is 0 Å².